The van der Waals surface area contributed by atoms with E-state index in [1.54, 1.807) is 48.5 Å². The lowest BCUT2D eigenvalue weighted by atomic mass is 10.0. The Labute approximate surface area is 283 Å². The number of sulfonamides is 1. The molecular formula is C37H42ClN3O5S. The van der Waals surface area contributed by atoms with E-state index >= 15 is 0 Å². The number of carbonyl (C=O) groups is 2. The van der Waals surface area contributed by atoms with Gasteiger partial charge in [0.2, 0.25) is 11.8 Å². The van der Waals surface area contributed by atoms with Gasteiger partial charge in [0, 0.05) is 24.0 Å². The number of methoxy groups -OCH3 is 1. The van der Waals surface area contributed by atoms with Gasteiger partial charge in [0.1, 0.15) is 18.3 Å². The van der Waals surface area contributed by atoms with Crippen LogP contribution in [0, 0.1) is 13.8 Å². The number of nitrogens with one attached hydrogen (secondary N) is 1. The summed E-state index contributed by atoms with van der Waals surface area (Å²) in [4.78, 5) is 30.2. The Morgan fingerprint density at radius 3 is 2.17 bits per heavy atom. The van der Waals surface area contributed by atoms with Gasteiger partial charge in [0.25, 0.3) is 10.0 Å². The lowest BCUT2D eigenvalue weighted by molar-refractivity contribution is -0.140. The van der Waals surface area contributed by atoms with E-state index in [4.69, 9.17) is 16.3 Å². The third kappa shape index (κ3) is 9.14. The van der Waals surface area contributed by atoms with E-state index in [1.165, 1.54) is 24.1 Å². The molecular weight excluding hydrogens is 634 g/mol. The molecule has 0 bridgehead atoms. The number of anilines is 1. The van der Waals surface area contributed by atoms with Gasteiger partial charge in [-0.1, -0.05) is 84.8 Å². The zero-order valence-corrected chi connectivity index (χ0v) is 29.0. The predicted octanol–water partition coefficient (Wildman–Crippen LogP) is 6.72. The summed E-state index contributed by atoms with van der Waals surface area (Å²) in [6.45, 7) is 7.01. The zero-order chi connectivity index (χ0) is 34.1. The first kappa shape index (κ1) is 35.5. The number of aryl methyl sites for hydroxylation is 2. The van der Waals surface area contributed by atoms with E-state index in [2.05, 4.69) is 5.32 Å². The molecule has 10 heteroatoms. The summed E-state index contributed by atoms with van der Waals surface area (Å²) in [6.07, 6.45) is 0.912. The van der Waals surface area contributed by atoms with E-state index in [-0.39, 0.29) is 41.2 Å². The van der Waals surface area contributed by atoms with Crippen molar-refractivity contribution in [3.05, 3.63) is 124 Å². The maximum atomic E-state index is 14.7. The number of hydrogen-bond donors (Lipinski definition) is 1. The molecule has 4 rings (SSSR count). The number of ether oxygens (including phenoxy) is 1. The number of hydrogen-bond acceptors (Lipinski definition) is 5. The fourth-order valence-electron chi connectivity index (χ4n) is 5.17. The second-order valence-corrected chi connectivity index (χ2v) is 14.0. The molecule has 0 fully saturated rings. The molecule has 0 aliphatic carbocycles. The molecule has 0 radical (unpaired) electrons. The molecule has 0 aliphatic heterocycles. The maximum absolute atomic E-state index is 14.7. The lowest BCUT2D eigenvalue weighted by Crippen LogP contribution is -2.54. The van der Waals surface area contributed by atoms with Gasteiger partial charge in [-0.15, -0.1) is 0 Å². The minimum Gasteiger partial charge on any atom is -0.495 e. The lowest BCUT2D eigenvalue weighted by Gasteiger charge is -2.34. The van der Waals surface area contributed by atoms with Crippen LogP contribution in [-0.2, 0) is 32.6 Å². The second kappa shape index (κ2) is 16.0. The van der Waals surface area contributed by atoms with Crippen molar-refractivity contribution in [2.75, 3.05) is 18.0 Å². The molecule has 47 heavy (non-hydrogen) atoms. The van der Waals surface area contributed by atoms with Gasteiger partial charge in [0.05, 0.1) is 17.7 Å². The molecule has 0 saturated heterocycles. The van der Waals surface area contributed by atoms with Gasteiger partial charge < -0.3 is 15.0 Å². The van der Waals surface area contributed by atoms with Gasteiger partial charge in [0.15, 0.2) is 0 Å². The standard InChI is InChI=1S/C37H42ClN3O5S/c1-6-28(4)39-37(43)34(23-29-11-8-7-9-12-29)40(24-30-13-10-14-31(38)22-30)36(42)25-41(33-21-27(3)17-20-35(33)46-5)47(44,45)32-18-15-26(2)16-19-32/h7-22,28,34H,6,23-25H2,1-5H3,(H,39,43)/t28-,34+/m1/s1. The monoisotopic (exact) mass is 675 g/mol. The zero-order valence-electron chi connectivity index (χ0n) is 27.4. The fourth-order valence-corrected chi connectivity index (χ4v) is 6.80. The van der Waals surface area contributed by atoms with Crippen molar-refractivity contribution in [1.82, 2.24) is 10.2 Å². The second-order valence-electron chi connectivity index (χ2n) is 11.7. The summed E-state index contributed by atoms with van der Waals surface area (Å²) >= 11 is 6.33. The topological polar surface area (TPSA) is 96.0 Å². The summed E-state index contributed by atoms with van der Waals surface area (Å²) in [5.41, 5.74) is 3.44. The van der Waals surface area contributed by atoms with Crippen LogP contribution in [0.1, 0.15) is 42.5 Å². The third-order valence-corrected chi connectivity index (χ3v) is 10.0. The summed E-state index contributed by atoms with van der Waals surface area (Å²) in [7, 11) is -2.82. The highest BCUT2D eigenvalue weighted by Gasteiger charge is 2.36. The Bertz CT molecular complexity index is 1780. The van der Waals surface area contributed by atoms with E-state index in [1.807, 2.05) is 64.1 Å². The highest BCUT2D eigenvalue weighted by molar-refractivity contribution is 7.92. The molecule has 4 aromatic rings. The van der Waals surface area contributed by atoms with Crippen molar-refractivity contribution in [3.63, 3.8) is 0 Å². The molecule has 0 heterocycles. The van der Waals surface area contributed by atoms with Crippen molar-refractivity contribution >= 4 is 39.1 Å². The summed E-state index contributed by atoms with van der Waals surface area (Å²) in [5, 5.41) is 3.52. The number of amides is 2. The number of benzene rings is 4. The Morgan fingerprint density at radius 2 is 1.53 bits per heavy atom. The SMILES string of the molecule is CC[C@@H](C)NC(=O)[C@H](Cc1ccccc1)N(Cc1cccc(Cl)c1)C(=O)CN(c1cc(C)ccc1OC)S(=O)(=O)c1ccc(C)cc1. The van der Waals surface area contributed by atoms with Gasteiger partial charge in [-0.2, -0.15) is 0 Å². The van der Waals surface area contributed by atoms with Crippen LogP contribution < -0.4 is 14.4 Å². The highest BCUT2D eigenvalue weighted by atomic mass is 35.5. The van der Waals surface area contributed by atoms with Crippen LogP contribution in [0.25, 0.3) is 0 Å². The quantitative estimate of drug-likeness (QED) is 0.160. The Morgan fingerprint density at radius 1 is 0.872 bits per heavy atom. The van der Waals surface area contributed by atoms with Crippen LogP contribution in [0.3, 0.4) is 0 Å². The molecule has 0 saturated carbocycles. The number of nitrogens with zero attached hydrogens (tertiary/aromatic N) is 2. The molecule has 2 amide bonds. The number of carbonyl (C=O) groups excluding carboxylic acids is 2. The molecule has 4 aromatic carbocycles. The Kier molecular flexibility index (Phi) is 12.1. The van der Waals surface area contributed by atoms with Crippen LogP contribution in [-0.4, -0.2) is 50.9 Å². The van der Waals surface area contributed by atoms with Crippen LogP contribution >= 0.6 is 11.6 Å². The van der Waals surface area contributed by atoms with Crippen LogP contribution in [0.15, 0.2) is 102 Å². The maximum Gasteiger partial charge on any atom is 0.264 e. The minimum atomic E-state index is -4.27. The average molecular weight is 676 g/mol. The molecule has 8 nitrogen and oxygen atoms in total. The smallest absolute Gasteiger partial charge is 0.264 e. The average Bonchev–Trinajstić information content (AvgIpc) is 3.05. The molecule has 0 aromatic heterocycles. The van der Waals surface area contributed by atoms with E-state index < -0.39 is 28.5 Å². The fraction of sp³-hybridized carbons (Fsp3) is 0.297. The highest BCUT2D eigenvalue weighted by Crippen LogP contribution is 2.34. The molecule has 0 unspecified atom stereocenters. The van der Waals surface area contributed by atoms with Crippen LogP contribution in [0.2, 0.25) is 5.02 Å². The van der Waals surface area contributed by atoms with E-state index in [0.29, 0.717) is 17.0 Å². The number of rotatable bonds is 14. The number of halogens is 1. The van der Waals surface area contributed by atoms with E-state index in [0.717, 1.165) is 21.0 Å². The minimum absolute atomic E-state index is 0.0220. The molecule has 2 atom stereocenters. The van der Waals surface area contributed by atoms with E-state index in [9.17, 15) is 18.0 Å². The predicted molar refractivity (Wildman–Crippen MR) is 187 cm³/mol. The van der Waals surface area contributed by atoms with Gasteiger partial charge >= 0.3 is 0 Å². The molecule has 1 N–H and O–H groups in total. The third-order valence-electron chi connectivity index (χ3n) is 8.00. The Hall–Kier alpha value is -4.34. The molecule has 0 spiro atoms. The first-order valence-electron chi connectivity index (χ1n) is 15.5. The van der Waals surface area contributed by atoms with Gasteiger partial charge in [-0.05, 0) is 80.3 Å². The normalized spacial score (nSPS) is 12.6. The Balaban J connectivity index is 1.86. The molecule has 0 aliphatic rings. The van der Waals surface area contributed by atoms with Gasteiger partial charge in [-0.25, -0.2) is 8.42 Å². The summed E-state index contributed by atoms with van der Waals surface area (Å²) < 4.78 is 35.4. The van der Waals surface area contributed by atoms with Crippen molar-refractivity contribution in [2.45, 2.75) is 64.1 Å². The summed E-state index contributed by atoms with van der Waals surface area (Å²) in [6, 6.07) is 27.0. The first-order chi connectivity index (χ1) is 22.4. The van der Waals surface area contributed by atoms with Crippen LogP contribution in [0.5, 0.6) is 5.75 Å². The first-order valence-corrected chi connectivity index (χ1v) is 17.4. The largest absolute Gasteiger partial charge is 0.495 e. The molecule has 248 valence electrons. The van der Waals surface area contributed by atoms with Crippen molar-refractivity contribution in [1.29, 1.82) is 0 Å². The van der Waals surface area contributed by atoms with Gasteiger partial charge in [-0.3, -0.25) is 13.9 Å². The van der Waals surface area contributed by atoms with Crippen LogP contribution in [0.4, 0.5) is 5.69 Å². The van der Waals surface area contributed by atoms with Crippen molar-refractivity contribution < 1.29 is 22.7 Å². The van der Waals surface area contributed by atoms with Crippen molar-refractivity contribution in [2.24, 2.45) is 0 Å². The summed E-state index contributed by atoms with van der Waals surface area (Å²) in [5.74, 6) is -0.611. The van der Waals surface area contributed by atoms with Crippen molar-refractivity contribution in [3.8, 4) is 5.75 Å².